The van der Waals surface area contributed by atoms with E-state index in [0.29, 0.717) is 23.9 Å². The fourth-order valence-electron chi connectivity index (χ4n) is 9.86. The number of esters is 2. The first-order valence-electron chi connectivity index (χ1n) is 36.3. The van der Waals surface area contributed by atoms with E-state index in [-0.39, 0.29) is 32.2 Å². The Morgan fingerprint density at radius 3 is 0.955 bits per heavy atom. The first-order valence-corrected chi connectivity index (χ1v) is 36.3. The topological polar surface area (TPSA) is 108 Å². The summed E-state index contributed by atoms with van der Waals surface area (Å²) in [5.74, 6) is -2.01. The van der Waals surface area contributed by atoms with Gasteiger partial charge in [-0.25, -0.2) is 4.79 Å². The Morgan fingerprint density at radius 2 is 0.640 bits per heavy atom. The second-order valence-corrected chi connectivity index (χ2v) is 25.2. The van der Waals surface area contributed by atoms with Gasteiger partial charge in [-0.05, 0) is 116 Å². The van der Waals surface area contributed by atoms with Crippen molar-refractivity contribution in [1.29, 1.82) is 0 Å². The molecule has 0 heterocycles. The molecule has 0 aliphatic heterocycles. The van der Waals surface area contributed by atoms with Crippen LogP contribution in [0.25, 0.3) is 0 Å². The van der Waals surface area contributed by atoms with Gasteiger partial charge in [-0.15, -0.1) is 0 Å². The minimum Gasteiger partial charge on any atom is -0.477 e. The smallest absolute Gasteiger partial charge is 0.361 e. The maximum Gasteiger partial charge on any atom is 0.361 e. The van der Waals surface area contributed by atoms with E-state index >= 15 is 0 Å². The molecule has 0 saturated carbocycles. The van der Waals surface area contributed by atoms with Crippen LogP contribution >= 0.6 is 0 Å². The van der Waals surface area contributed by atoms with E-state index in [1.54, 1.807) is 0 Å². The van der Waals surface area contributed by atoms with Gasteiger partial charge in [0, 0.05) is 12.8 Å². The van der Waals surface area contributed by atoms with Gasteiger partial charge in [-0.3, -0.25) is 9.59 Å². The number of likely N-dealkylation sites (N-methyl/N-ethyl adjacent to an activating group) is 1. The molecule has 9 heteroatoms. The molecule has 0 rings (SSSR count). The summed E-state index contributed by atoms with van der Waals surface area (Å²) in [6.45, 7) is 4.76. The van der Waals surface area contributed by atoms with Gasteiger partial charge in [0.25, 0.3) is 6.29 Å². The van der Waals surface area contributed by atoms with Crippen LogP contribution in [0.2, 0.25) is 0 Å². The molecule has 0 saturated heterocycles. The fraction of sp³-hybridized carbons (Fsp3) is 0.688. The molecule has 89 heavy (non-hydrogen) atoms. The lowest BCUT2D eigenvalue weighted by Crippen LogP contribution is -2.40. The Balaban J connectivity index is 4.11. The summed E-state index contributed by atoms with van der Waals surface area (Å²) >= 11 is 0. The number of carboxylic acid groups (broad SMARTS) is 1. The second kappa shape index (κ2) is 69.3. The zero-order chi connectivity index (χ0) is 64.7. The van der Waals surface area contributed by atoms with Crippen molar-refractivity contribution in [3.8, 4) is 0 Å². The molecule has 0 amide bonds. The second-order valence-electron chi connectivity index (χ2n) is 25.2. The lowest BCUT2D eigenvalue weighted by molar-refractivity contribution is -0.870. The van der Waals surface area contributed by atoms with Crippen LogP contribution in [0.5, 0.6) is 0 Å². The van der Waals surface area contributed by atoms with Gasteiger partial charge in [-0.2, -0.15) is 0 Å². The van der Waals surface area contributed by atoms with Crippen LogP contribution in [0.4, 0.5) is 0 Å². The predicted octanol–water partition coefficient (Wildman–Crippen LogP) is 22.9. The van der Waals surface area contributed by atoms with Gasteiger partial charge < -0.3 is 28.5 Å². The van der Waals surface area contributed by atoms with Gasteiger partial charge in [-0.1, -0.05) is 302 Å². The van der Waals surface area contributed by atoms with E-state index in [0.717, 1.165) is 103 Å². The van der Waals surface area contributed by atoms with Crippen molar-refractivity contribution >= 4 is 17.9 Å². The fourth-order valence-corrected chi connectivity index (χ4v) is 9.86. The zero-order valence-electron chi connectivity index (χ0n) is 58.0. The number of unbranched alkanes of at least 4 members (excludes halogenated alkanes) is 29. The lowest BCUT2D eigenvalue weighted by Gasteiger charge is -2.25. The number of ether oxygens (including phenoxy) is 4. The van der Waals surface area contributed by atoms with Crippen molar-refractivity contribution in [2.45, 2.75) is 309 Å². The van der Waals surface area contributed by atoms with Crippen LogP contribution in [-0.4, -0.2) is 87.4 Å². The summed E-state index contributed by atoms with van der Waals surface area (Å²) in [6.07, 6.45) is 97.0. The summed E-state index contributed by atoms with van der Waals surface area (Å²) < 4.78 is 23.0. The van der Waals surface area contributed by atoms with Crippen LogP contribution in [0.15, 0.2) is 134 Å². The lowest BCUT2D eigenvalue weighted by atomic mass is 10.0. The molecule has 0 bridgehead atoms. The maximum atomic E-state index is 13.0. The summed E-state index contributed by atoms with van der Waals surface area (Å²) in [5.41, 5.74) is 0. The number of allylic oxidation sites excluding steroid dienone is 22. The van der Waals surface area contributed by atoms with Crippen LogP contribution in [-0.2, 0) is 33.3 Å². The minimum atomic E-state index is -1.52. The van der Waals surface area contributed by atoms with Crippen molar-refractivity contribution in [2.75, 3.05) is 47.5 Å². The van der Waals surface area contributed by atoms with E-state index in [2.05, 4.69) is 148 Å². The molecule has 508 valence electrons. The molecule has 0 aliphatic rings. The Hall–Kier alpha value is -4.57. The number of nitrogens with zero attached hydrogens (tertiary/aromatic N) is 1. The van der Waals surface area contributed by atoms with Crippen LogP contribution < -0.4 is 0 Å². The van der Waals surface area contributed by atoms with E-state index in [4.69, 9.17) is 18.9 Å². The SMILES string of the molecule is CC/C=C\C/C=C\C/C=C\C/C=C\C/C=C\C/C=C\C/C=C\C/C=C\CCCCCCCCCCCCCCCCC(=O)OC(COC(=O)CCCCCCCCCCCC/C=C\C/C=C\C/C=C\CCCCCCC)COC(OCC[N+](C)(C)C)C(=O)O. The molecule has 0 aromatic rings. The minimum absolute atomic E-state index is 0.182. The van der Waals surface area contributed by atoms with Crippen molar-refractivity contribution in [2.24, 2.45) is 0 Å². The van der Waals surface area contributed by atoms with Crippen molar-refractivity contribution in [3.05, 3.63) is 134 Å². The highest BCUT2D eigenvalue weighted by atomic mass is 16.7. The van der Waals surface area contributed by atoms with Crippen molar-refractivity contribution in [1.82, 2.24) is 0 Å². The Kier molecular flexibility index (Phi) is 65.8. The van der Waals surface area contributed by atoms with Gasteiger partial charge in [0.2, 0.25) is 0 Å². The van der Waals surface area contributed by atoms with Crippen LogP contribution in [0, 0.1) is 0 Å². The standard InChI is InChI=1S/C80H135NO8/c1-6-8-10-12-14-16-18-20-22-24-26-28-30-32-33-34-35-36-37-38-39-40-41-42-43-44-45-47-49-51-53-55-57-59-61-63-65-67-69-71-78(83)89-76(75-88-80(79(84)85)86-73-72-81(3,4)5)74-87-77(82)70-68-66-64-62-60-58-56-54-52-50-48-46-31-29-27-25-23-21-19-17-15-13-11-9-7-2/h8,10,14,16,19-22,25-28,31-33,35-36,38-39,41-42,46,76,80H,6-7,9,11-13,15,17-18,23-24,29-30,34,37,40,43-45,47-75H2,1-5H3/p+1/b10-8-,16-14-,21-19-,22-20-,27-25-,28-26-,33-32-,36-35-,39-38-,42-41-,46-31-. The summed E-state index contributed by atoms with van der Waals surface area (Å²) in [4.78, 5) is 37.7. The van der Waals surface area contributed by atoms with Crippen LogP contribution in [0.3, 0.4) is 0 Å². The first kappa shape index (κ1) is 84.4. The van der Waals surface area contributed by atoms with E-state index in [1.165, 1.54) is 161 Å². The molecule has 0 fully saturated rings. The molecule has 0 radical (unpaired) electrons. The van der Waals surface area contributed by atoms with Gasteiger partial charge in [0.15, 0.2) is 6.10 Å². The molecule has 1 N–H and O–H groups in total. The first-order chi connectivity index (χ1) is 43.6. The highest BCUT2D eigenvalue weighted by Gasteiger charge is 2.25. The number of hydrogen-bond acceptors (Lipinski definition) is 7. The highest BCUT2D eigenvalue weighted by Crippen LogP contribution is 2.17. The summed E-state index contributed by atoms with van der Waals surface area (Å²) in [6, 6.07) is 0. The average molecular weight is 1240 g/mol. The molecule has 0 aromatic heterocycles. The number of quaternary nitrogens is 1. The van der Waals surface area contributed by atoms with Crippen molar-refractivity contribution < 1.29 is 42.9 Å². The Morgan fingerprint density at radius 1 is 0.348 bits per heavy atom. The largest absolute Gasteiger partial charge is 0.477 e. The maximum absolute atomic E-state index is 13.0. The molecular formula is C80H136NO8+. The molecule has 0 aliphatic carbocycles. The molecule has 2 unspecified atom stereocenters. The number of carbonyl (C=O) groups is 3. The number of hydrogen-bond donors (Lipinski definition) is 1. The van der Waals surface area contributed by atoms with E-state index in [9.17, 15) is 19.5 Å². The monoisotopic (exact) mass is 1240 g/mol. The third kappa shape index (κ3) is 70.7. The molecule has 0 aromatic carbocycles. The van der Waals surface area contributed by atoms with Crippen molar-refractivity contribution in [3.63, 3.8) is 0 Å². The number of rotatable bonds is 66. The third-order valence-corrected chi connectivity index (χ3v) is 15.4. The number of aliphatic carboxylic acids is 1. The predicted molar refractivity (Wildman–Crippen MR) is 382 cm³/mol. The quantitative estimate of drug-likeness (QED) is 0.0211. The summed E-state index contributed by atoms with van der Waals surface area (Å²) in [5, 5.41) is 9.75. The molecular weight excluding hydrogens is 1100 g/mol. The normalized spacial score (nSPS) is 13.5. The van der Waals surface area contributed by atoms with Gasteiger partial charge >= 0.3 is 17.9 Å². The summed E-state index contributed by atoms with van der Waals surface area (Å²) in [7, 11) is 5.97. The van der Waals surface area contributed by atoms with E-state index in [1.807, 2.05) is 21.1 Å². The van der Waals surface area contributed by atoms with Gasteiger partial charge in [0.05, 0.1) is 34.4 Å². The van der Waals surface area contributed by atoms with Crippen LogP contribution in [0.1, 0.15) is 296 Å². The van der Waals surface area contributed by atoms with Gasteiger partial charge in [0.1, 0.15) is 13.2 Å². The molecule has 0 spiro atoms. The highest BCUT2D eigenvalue weighted by molar-refractivity contribution is 5.71. The zero-order valence-corrected chi connectivity index (χ0v) is 58.0. The Bertz CT molecular complexity index is 1930. The van der Waals surface area contributed by atoms with E-state index < -0.39 is 24.3 Å². The average Bonchev–Trinajstić information content (AvgIpc) is 3.64. The molecule has 2 atom stereocenters. The molecule has 9 nitrogen and oxygen atoms in total. The number of carbonyl (C=O) groups excluding carboxylic acids is 2. The Labute approximate surface area is 548 Å². The third-order valence-electron chi connectivity index (χ3n) is 15.4. The number of carboxylic acids is 1.